The summed E-state index contributed by atoms with van der Waals surface area (Å²) in [6.07, 6.45) is 5.75. The van der Waals surface area contributed by atoms with Crippen molar-refractivity contribution in [2.24, 2.45) is 15.4 Å². The third-order valence-corrected chi connectivity index (χ3v) is 2.48. The van der Waals surface area contributed by atoms with E-state index in [4.69, 9.17) is 0 Å². The van der Waals surface area contributed by atoms with E-state index in [0.717, 1.165) is 19.3 Å². The Morgan fingerprint density at radius 2 is 1.87 bits per heavy atom. The van der Waals surface area contributed by atoms with Crippen LogP contribution in [-0.4, -0.2) is 24.7 Å². The molecule has 1 unspecified atom stereocenters. The molecule has 0 N–H and O–H groups in total. The molecule has 84 valence electrons. The highest BCUT2D eigenvalue weighted by Gasteiger charge is 2.18. The van der Waals surface area contributed by atoms with Crippen LogP contribution in [0.25, 0.3) is 0 Å². The number of isocyanates is 2. The summed E-state index contributed by atoms with van der Waals surface area (Å²) in [5.74, 6) is 0. The van der Waals surface area contributed by atoms with Crippen molar-refractivity contribution >= 4 is 12.2 Å². The van der Waals surface area contributed by atoms with Crippen LogP contribution in [0.4, 0.5) is 0 Å². The highest BCUT2D eigenvalue weighted by molar-refractivity contribution is 5.33. The van der Waals surface area contributed by atoms with E-state index in [9.17, 15) is 9.59 Å². The molecule has 0 bridgehead atoms. The molecule has 0 aromatic rings. The molecule has 0 heterocycles. The summed E-state index contributed by atoms with van der Waals surface area (Å²) in [4.78, 5) is 27.1. The van der Waals surface area contributed by atoms with Crippen molar-refractivity contribution in [3.8, 4) is 0 Å². The number of aliphatic imine (C=N–C) groups is 2. The summed E-state index contributed by atoms with van der Waals surface area (Å²) in [6.45, 7) is 6.64. The number of rotatable bonds is 7. The zero-order chi connectivity index (χ0) is 11.7. The van der Waals surface area contributed by atoms with Gasteiger partial charge >= 0.3 is 0 Å². The van der Waals surface area contributed by atoms with Crippen LogP contribution in [0.15, 0.2) is 9.98 Å². The summed E-state index contributed by atoms with van der Waals surface area (Å²) in [6, 6.07) is 0.0244. The van der Waals surface area contributed by atoms with Gasteiger partial charge in [0.15, 0.2) is 0 Å². The van der Waals surface area contributed by atoms with Gasteiger partial charge in [-0.1, -0.05) is 13.8 Å². The topological polar surface area (TPSA) is 58.9 Å². The Kier molecular flexibility index (Phi) is 6.52. The molecule has 1 atom stereocenters. The van der Waals surface area contributed by atoms with Crippen molar-refractivity contribution in [3.05, 3.63) is 0 Å². The van der Waals surface area contributed by atoms with Gasteiger partial charge in [0.25, 0.3) is 0 Å². The largest absolute Gasteiger partial charge is 0.235 e. The van der Waals surface area contributed by atoms with Gasteiger partial charge in [0, 0.05) is 0 Å². The maximum Gasteiger partial charge on any atom is 0.235 e. The van der Waals surface area contributed by atoms with Gasteiger partial charge in [0.1, 0.15) is 0 Å². The molecule has 0 aliphatic carbocycles. The van der Waals surface area contributed by atoms with Crippen LogP contribution in [0.2, 0.25) is 0 Å². The summed E-state index contributed by atoms with van der Waals surface area (Å²) >= 11 is 0. The normalized spacial score (nSPS) is 12.5. The maximum atomic E-state index is 10.0. The monoisotopic (exact) mass is 210 g/mol. The third-order valence-electron chi connectivity index (χ3n) is 2.48. The lowest BCUT2D eigenvalue weighted by atomic mass is 9.83. The fraction of sp³-hybridized carbons (Fsp3) is 0.818. The SMILES string of the molecule is CC(CCC(C)(C)CCN=C=O)N=C=O. The first-order chi connectivity index (χ1) is 7.02. The minimum atomic E-state index is 0.0244. The molecule has 0 saturated carbocycles. The summed E-state index contributed by atoms with van der Waals surface area (Å²) in [5.41, 5.74) is 0.118. The molecule has 0 fully saturated rings. The van der Waals surface area contributed by atoms with Gasteiger partial charge in [-0.25, -0.2) is 19.6 Å². The van der Waals surface area contributed by atoms with E-state index in [0.29, 0.717) is 6.54 Å². The zero-order valence-electron chi connectivity index (χ0n) is 9.62. The van der Waals surface area contributed by atoms with Gasteiger partial charge in [-0.15, -0.1) is 0 Å². The van der Waals surface area contributed by atoms with Gasteiger partial charge in [-0.3, -0.25) is 0 Å². The fourth-order valence-electron chi connectivity index (χ4n) is 1.28. The molecule has 0 aliphatic rings. The molecule has 0 radical (unpaired) electrons. The number of hydrogen-bond acceptors (Lipinski definition) is 4. The molecule has 0 aliphatic heterocycles. The summed E-state index contributed by atoms with van der Waals surface area (Å²) < 4.78 is 0. The van der Waals surface area contributed by atoms with Gasteiger partial charge in [-0.05, 0) is 31.6 Å². The number of carbonyl (C=O) groups excluding carboxylic acids is 2. The lowest BCUT2D eigenvalue weighted by Crippen LogP contribution is -2.15. The van der Waals surface area contributed by atoms with Crippen LogP contribution >= 0.6 is 0 Å². The minimum absolute atomic E-state index is 0.0244. The van der Waals surface area contributed by atoms with Crippen LogP contribution in [0.1, 0.15) is 40.0 Å². The second-order valence-corrected chi connectivity index (χ2v) is 4.50. The maximum absolute atomic E-state index is 10.0. The molecule has 0 amide bonds. The quantitative estimate of drug-likeness (QED) is 0.478. The van der Waals surface area contributed by atoms with Crippen molar-refractivity contribution in [1.29, 1.82) is 0 Å². The average Bonchev–Trinajstić information content (AvgIpc) is 2.16. The lowest BCUT2D eigenvalue weighted by molar-refractivity contribution is 0.296. The molecule has 0 spiro atoms. The summed E-state index contributed by atoms with van der Waals surface area (Å²) in [7, 11) is 0. The molecule has 4 heteroatoms. The molecule has 15 heavy (non-hydrogen) atoms. The number of hydrogen-bond donors (Lipinski definition) is 0. The second kappa shape index (κ2) is 7.10. The van der Waals surface area contributed by atoms with Gasteiger partial charge < -0.3 is 0 Å². The van der Waals surface area contributed by atoms with Crippen LogP contribution in [0.5, 0.6) is 0 Å². The smallest absolute Gasteiger partial charge is 0.211 e. The van der Waals surface area contributed by atoms with Crippen molar-refractivity contribution in [2.45, 2.75) is 46.1 Å². The Morgan fingerprint density at radius 3 is 2.40 bits per heavy atom. The first-order valence-corrected chi connectivity index (χ1v) is 5.12. The van der Waals surface area contributed by atoms with Gasteiger partial charge in [-0.2, -0.15) is 0 Å². The first-order valence-electron chi connectivity index (χ1n) is 5.12. The standard InChI is InChI=1S/C11H18N2O2/c1-10(13-9-15)4-5-11(2,3)6-7-12-8-14/h10H,4-7H2,1-3H3. The van der Waals surface area contributed by atoms with Crippen LogP contribution in [0.3, 0.4) is 0 Å². The van der Waals surface area contributed by atoms with E-state index in [1.165, 1.54) is 6.08 Å². The fourth-order valence-corrected chi connectivity index (χ4v) is 1.28. The predicted molar refractivity (Wildman–Crippen MR) is 58.2 cm³/mol. The second-order valence-electron chi connectivity index (χ2n) is 4.50. The highest BCUT2D eigenvalue weighted by Crippen LogP contribution is 2.27. The van der Waals surface area contributed by atoms with Crippen molar-refractivity contribution in [2.75, 3.05) is 6.54 Å². The van der Waals surface area contributed by atoms with Crippen LogP contribution in [-0.2, 0) is 9.59 Å². The minimum Gasteiger partial charge on any atom is -0.211 e. The van der Waals surface area contributed by atoms with E-state index in [1.54, 1.807) is 6.08 Å². The third kappa shape index (κ3) is 7.80. The molecule has 0 aromatic carbocycles. The number of nitrogens with zero attached hydrogens (tertiary/aromatic N) is 2. The van der Waals surface area contributed by atoms with Crippen molar-refractivity contribution < 1.29 is 9.59 Å². The highest BCUT2D eigenvalue weighted by atomic mass is 16.1. The Labute approximate surface area is 90.5 Å². The Morgan fingerprint density at radius 1 is 1.20 bits per heavy atom. The molecule has 0 aromatic heterocycles. The molecular weight excluding hydrogens is 192 g/mol. The van der Waals surface area contributed by atoms with Gasteiger partial charge in [0.05, 0.1) is 12.6 Å². The van der Waals surface area contributed by atoms with E-state index < -0.39 is 0 Å². The first kappa shape index (κ1) is 13.8. The van der Waals surface area contributed by atoms with E-state index in [1.807, 2.05) is 6.92 Å². The molecule has 0 rings (SSSR count). The van der Waals surface area contributed by atoms with E-state index >= 15 is 0 Å². The predicted octanol–water partition coefficient (Wildman–Crippen LogP) is 2.24. The van der Waals surface area contributed by atoms with E-state index in [2.05, 4.69) is 23.8 Å². The van der Waals surface area contributed by atoms with Gasteiger partial charge in [0.2, 0.25) is 12.2 Å². The zero-order valence-corrected chi connectivity index (χ0v) is 9.62. The Balaban J connectivity index is 3.91. The molecule has 0 saturated heterocycles. The van der Waals surface area contributed by atoms with Crippen molar-refractivity contribution in [3.63, 3.8) is 0 Å². The van der Waals surface area contributed by atoms with Crippen molar-refractivity contribution in [1.82, 2.24) is 0 Å². The summed E-state index contributed by atoms with van der Waals surface area (Å²) in [5, 5.41) is 0. The molecular formula is C11H18N2O2. The Bertz CT molecular complexity index is 274. The Hall–Kier alpha value is -1.24. The lowest BCUT2D eigenvalue weighted by Gasteiger charge is -2.23. The van der Waals surface area contributed by atoms with Crippen LogP contribution in [0, 0.1) is 5.41 Å². The van der Waals surface area contributed by atoms with E-state index in [-0.39, 0.29) is 11.5 Å². The molecule has 4 nitrogen and oxygen atoms in total. The average molecular weight is 210 g/mol. The van der Waals surface area contributed by atoms with Crippen LogP contribution < -0.4 is 0 Å².